The van der Waals surface area contributed by atoms with Gasteiger partial charge < -0.3 is 4.57 Å². The second-order valence-electron chi connectivity index (χ2n) is 4.51. The highest BCUT2D eigenvalue weighted by Crippen LogP contribution is 2.21. The minimum atomic E-state index is -3.54. The molecule has 0 saturated heterocycles. The van der Waals surface area contributed by atoms with Crippen molar-refractivity contribution in [2.45, 2.75) is 18.0 Å². The highest BCUT2D eigenvalue weighted by molar-refractivity contribution is 7.89. The average molecular weight is 288 g/mol. The molecule has 1 aliphatic heterocycles. The van der Waals surface area contributed by atoms with Crippen molar-refractivity contribution < 1.29 is 8.42 Å². The maximum Gasteiger partial charge on any atom is 0.243 e. The number of benzene rings is 1. The van der Waals surface area contributed by atoms with Gasteiger partial charge >= 0.3 is 0 Å². The molecule has 0 atom stereocenters. The lowest BCUT2D eigenvalue weighted by atomic mass is 10.2. The summed E-state index contributed by atoms with van der Waals surface area (Å²) in [5.74, 6) is 0.744. The molecule has 2 heterocycles. The Hall–Kier alpha value is -2.17. The molecule has 0 spiro atoms. The molecule has 0 saturated carbocycles. The lowest BCUT2D eigenvalue weighted by Crippen LogP contribution is -2.38. The quantitative estimate of drug-likeness (QED) is 0.824. The molecule has 0 amide bonds. The first-order chi connectivity index (χ1) is 9.61. The van der Waals surface area contributed by atoms with Crippen molar-refractivity contribution in [1.29, 1.82) is 5.26 Å². The van der Waals surface area contributed by atoms with Gasteiger partial charge in [0.05, 0.1) is 23.1 Å². The minimum absolute atomic E-state index is 0.205. The van der Waals surface area contributed by atoms with Crippen molar-refractivity contribution in [3.8, 4) is 6.07 Å². The van der Waals surface area contributed by atoms with Gasteiger partial charge in [0.2, 0.25) is 10.0 Å². The van der Waals surface area contributed by atoms with Crippen molar-refractivity contribution in [3.63, 3.8) is 0 Å². The molecular weight excluding hydrogens is 276 g/mol. The minimum Gasteiger partial charge on any atom is -0.333 e. The van der Waals surface area contributed by atoms with Crippen LogP contribution in [-0.4, -0.2) is 28.8 Å². The van der Waals surface area contributed by atoms with Gasteiger partial charge in [-0.3, -0.25) is 0 Å². The fraction of sp³-hybridized carbons (Fsp3) is 0.231. The van der Waals surface area contributed by atoms with Crippen molar-refractivity contribution in [1.82, 2.24) is 13.9 Å². The van der Waals surface area contributed by atoms with Gasteiger partial charge in [-0.25, -0.2) is 13.4 Å². The SMILES string of the molecule is N#Cc1ccc(S(=O)(=O)N2CCn3ccnc3C2)cc1. The monoisotopic (exact) mass is 288 g/mol. The van der Waals surface area contributed by atoms with Crippen LogP contribution in [0.4, 0.5) is 0 Å². The van der Waals surface area contributed by atoms with Crippen LogP contribution >= 0.6 is 0 Å². The number of nitriles is 1. The molecule has 0 radical (unpaired) electrons. The highest BCUT2D eigenvalue weighted by Gasteiger charge is 2.28. The predicted molar refractivity (Wildman–Crippen MR) is 71.0 cm³/mol. The summed E-state index contributed by atoms with van der Waals surface area (Å²) in [5.41, 5.74) is 0.443. The number of sulfonamides is 1. The van der Waals surface area contributed by atoms with Gasteiger partial charge in [0.1, 0.15) is 5.82 Å². The van der Waals surface area contributed by atoms with Crippen molar-refractivity contribution >= 4 is 10.0 Å². The number of hydrogen-bond donors (Lipinski definition) is 0. The van der Waals surface area contributed by atoms with E-state index in [9.17, 15) is 8.42 Å². The number of aromatic nitrogens is 2. The Balaban J connectivity index is 1.91. The van der Waals surface area contributed by atoms with Gasteiger partial charge in [0.15, 0.2) is 0 Å². The summed E-state index contributed by atoms with van der Waals surface area (Å²) in [5, 5.41) is 8.74. The first kappa shape index (κ1) is 12.8. The third-order valence-electron chi connectivity index (χ3n) is 3.33. The van der Waals surface area contributed by atoms with Gasteiger partial charge in [-0.1, -0.05) is 0 Å². The van der Waals surface area contributed by atoms with Crippen LogP contribution in [-0.2, 0) is 23.1 Å². The largest absolute Gasteiger partial charge is 0.333 e. The third kappa shape index (κ3) is 2.09. The zero-order chi connectivity index (χ0) is 14.2. The first-order valence-electron chi connectivity index (χ1n) is 6.11. The fourth-order valence-corrected chi connectivity index (χ4v) is 3.59. The van der Waals surface area contributed by atoms with E-state index in [-0.39, 0.29) is 11.4 Å². The number of rotatable bonds is 2. The molecule has 7 heteroatoms. The molecule has 3 rings (SSSR count). The first-order valence-corrected chi connectivity index (χ1v) is 7.55. The molecule has 2 aromatic rings. The molecule has 0 unspecified atom stereocenters. The summed E-state index contributed by atoms with van der Waals surface area (Å²) in [7, 11) is -3.54. The van der Waals surface area contributed by atoms with E-state index >= 15 is 0 Å². The van der Waals surface area contributed by atoms with Gasteiger partial charge in [-0.05, 0) is 24.3 Å². The van der Waals surface area contributed by atoms with E-state index in [1.165, 1.54) is 28.6 Å². The summed E-state index contributed by atoms with van der Waals surface area (Å²) >= 11 is 0. The van der Waals surface area contributed by atoms with Gasteiger partial charge in [0, 0.05) is 25.5 Å². The van der Waals surface area contributed by atoms with Crippen LogP contribution in [0.1, 0.15) is 11.4 Å². The van der Waals surface area contributed by atoms with Crippen molar-refractivity contribution in [3.05, 3.63) is 48.0 Å². The van der Waals surface area contributed by atoms with Crippen LogP contribution < -0.4 is 0 Å². The van der Waals surface area contributed by atoms with E-state index in [4.69, 9.17) is 5.26 Å². The average Bonchev–Trinajstić information content (AvgIpc) is 2.94. The Morgan fingerprint density at radius 3 is 2.65 bits per heavy atom. The molecule has 102 valence electrons. The van der Waals surface area contributed by atoms with E-state index in [0.717, 1.165) is 5.82 Å². The normalized spacial score (nSPS) is 15.6. The Kier molecular flexibility index (Phi) is 3.04. The highest BCUT2D eigenvalue weighted by atomic mass is 32.2. The maximum atomic E-state index is 12.5. The number of hydrogen-bond acceptors (Lipinski definition) is 4. The molecule has 0 bridgehead atoms. The van der Waals surface area contributed by atoms with Gasteiger partial charge in [-0.15, -0.1) is 0 Å². The molecule has 0 N–H and O–H groups in total. The summed E-state index contributed by atoms with van der Waals surface area (Å²) in [4.78, 5) is 4.36. The number of fused-ring (bicyclic) bond motifs is 1. The Bertz CT molecular complexity index is 771. The number of nitrogens with zero attached hydrogens (tertiary/aromatic N) is 4. The molecule has 0 aliphatic carbocycles. The molecule has 0 fully saturated rings. The smallest absolute Gasteiger partial charge is 0.243 e. The lowest BCUT2D eigenvalue weighted by Gasteiger charge is -2.26. The summed E-state index contributed by atoms with van der Waals surface area (Å²) in [6.07, 6.45) is 3.52. The fourth-order valence-electron chi connectivity index (χ4n) is 2.21. The second-order valence-corrected chi connectivity index (χ2v) is 6.45. The van der Waals surface area contributed by atoms with Crippen LogP contribution in [0.2, 0.25) is 0 Å². The summed E-state index contributed by atoms with van der Waals surface area (Å²) in [6, 6.07) is 7.93. The Morgan fingerprint density at radius 2 is 1.95 bits per heavy atom. The molecular formula is C13H12N4O2S. The molecule has 20 heavy (non-hydrogen) atoms. The molecule has 6 nitrogen and oxygen atoms in total. The molecule has 1 aromatic carbocycles. The zero-order valence-electron chi connectivity index (χ0n) is 10.6. The van der Waals surface area contributed by atoms with Gasteiger partial charge in [-0.2, -0.15) is 9.57 Å². The van der Waals surface area contributed by atoms with Crippen molar-refractivity contribution in [2.75, 3.05) is 6.54 Å². The molecule has 1 aromatic heterocycles. The van der Waals surface area contributed by atoms with Crippen LogP contribution in [0.25, 0.3) is 0 Å². The predicted octanol–water partition coefficient (Wildman–Crippen LogP) is 0.959. The lowest BCUT2D eigenvalue weighted by molar-refractivity contribution is 0.335. The molecule has 1 aliphatic rings. The Morgan fingerprint density at radius 1 is 1.20 bits per heavy atom. The Labute approximate surface area is 116 Å². The third-order valence-corrected chi connectivity index (χ3v) is 5.19. The van der Waals surface area contributed by atoms with Crippen LogP contribution in [0.15, 0.2) is 41.6 Å². The van der Waals surface area contributed by atoms with Crippen LogP contribution in [0.3, 0.4) is 0 Å². The van der Waals surface area contributed by atoms with Crippen LogP contribution in [0, 0.1) is 11.3 Å². The maximum absolute atomic E-state index is 12.5. The second kappa shape index (κ2) is 4.74. The van der Waals surface area contributed by atoms with E-state index in [2.05, 4.69) is 4.98 Å². The van der Waals surface area contributed by atoms with Gasteiger partial charge in [0.25, 0.3) is 0 Å². The van der Waals surface area contributed by atoms with E-state index in [1.54, 1.807) is 6.20 Å². The standard InChI is InChI=1S/C13H12N4O2S/c14-9-11-1-3-12(4-2-11)20(18,19)17-8-7-16-6-5-15-13(16)10-17/h1-6H,7-8,10H2. The number of imidazole rings is 1. The van der Waals surface area contributed by atoms with E-state index in [0.29, 0.717) is 18.7 Å². The van der Waals surface area contributed by atoms with Crippen molar-refractivity contribution in [2.24, 2.45) is 0 Å². The summed E-state index contributed by atoms with van der Waals surface area (Å²) in [6.45, 7) is 1.30. The summed E-state index contributed by atoms with van der Waals surface area (Å²) < 4.78 is 28.4. The van der Waals surface area contributed by atoms with Crippen LogP contribution in [0.5, 0.6) is 0 Å². The van der Waals surface area contributed by atoms with E-state index < -0.39 is 10.0 Å². The zero-order valence-corrected chi connectivity index (χ0v) is 11.4. The van der Waals surface area contributed by atoms with E-state index in [1.807, 2.05) is 16.8 Å². The topological polar surface area (TPSA) is 79.0 Å².